The topological polar surface area (TPSA) is 184 Å². The van der Waals surface area contributed by atoms with Crippen LogP contribution >= 0.6 is 0 Å². The molecule has 11 heteroatoms. The molecule has 0 saturated carbocycles. The third-order valence-electron chi connectivity index (χ3n) is 5.36. The summed E-state index contributed by atoms with van der Waals surface area (Å²) in [6.45, 7) is 4.51. The minimum absolute atomic E-state index is 0.0428. The van der Waals surface area contributed by atoms with Gasteiger partial charge in [0.15, 0.2) is 0 Å². The van der Waals surface area contributed by atoms with Gasteiger partial charge in [0.1, 0.15) is 51.9 Å². The molecule has 0 radical (unpaired) electrons. The number of aliphatic hydroxyl groups excluding tert-OH is 1. The van der Waals surface area contributed by atoms with Crippen LogP contribution in [-0.2, 0) is 27.1 Å². The minimum atomic E-state index is -0.930. The Labute approximate surface area is 211 Å². The Morgan fingerprint density at radius 2 is 1.49 bits per heavy atom. The SMILES string of the molecule is CC(O)CC(=O)OC(C)Cc1cc(O)cc(O)c1C(=O)OC(C)Cc1cc2cc(O)cc(O)c2c(=O)o1. The quantitative estimate of drug-likeness (QED) is 0.263. The van der Waals surface area contributed by atoms with Crippen LogP contribution in [-0.4, -0.2) is 55.8 Å². The standard InChI is InChI=1S/C26H28O11/c1-12(27)4-22(32)35-13(2)5-15-7-17(28)10-20(30)23(15)25(33)36-14(3)6-19-9-16-8-18(29)11-21(31)24(16)26(34)37-19/h7-14,27-31H,4-6H2,1-3H3. The zero-order valence-corrected chi connectivity index (χ0v) is 20.4. The van der Waals surface area contributed by atoms with E-state index in [1.54, 1.807) is 6.92 Å². The molecule has 3 aromatic rings. The first-order valence-corrected chi connectivity index (χ1v) is 11.5. The Bertz CT molecular complexity index is 1370. The molecule has 1 aromatic heterocycles. The molecule has 0 bridgehead atoms. The lowest BCUT2D eigenvalue weighted by Crippen LogP contribution is -2.23. The van der Waals surface area contributed by atoms with Gasteiger partial charge in [0.2, 0.25) is 0 Å². The molecule has 5 N–H and O–H groups in total. The van der Waals surface area contributed by atoms with E-state index in [-0.39, 0.29) is 58.4 Å². The van der Waals surface area contributed by atoms with Gasteiger partial charge in [0, 0.05) is 25.0 Å². The fourth-order valence-corrected chi connectivity index (χ4v) is 3.94. The average molecular weight is 516 g/mol. The summed E-state index contributed by atoms with van der Waals surface area (Å²) in [5, 5.41) is 49.3. The Hall–Kier alpha value is -4.25. The Morgan fingerprint density at radius 3 is 2.16 bits per heavy atom. The molecule has 198 valence electrons. The third kappa shape index (κ3) is 6.91. The molecule has 1 heterocycles. The number of aliphatic hydroxyl groups is 1. The molecular weight excluding hydrogens is 488 g/mol. The van der Waals surface area contributed by atoms with Crippen molar-refractivity contribution in [3.63, 3.8) is 0 Å². The molecule has 3 atom stereocenters. The lowest BCUT2D eigenvalue weighted by atomic mass is 10.00. The highest BCUT2D eigenvalue weighted by Gasteiger charge is 2.24. The van der Waals surface area contributed by atoms with E-state index in [9.17, 15) is 39.9 Å². The van der Waals surface area contributed by atoms with Gasteiger partial charge in [-0.25, -0.2) is 9.59 Å². The van der Waals surface area contributed by atoms with Gasteiger partial charge < -0.3 is 39.4 Å². The summed E-state index contributed by atoms with van der Waals surface area (Å²) in [6, 6.07) is 5.92. The van der Waals surface area contributed by atoms with Gasteiger partial charge in [-0.2, -0.15) is 0 Å². The van der Waals surface area contributed by atoms with Crippen LogP contribution < -0.4 is 5.63 Å². The van der Waals surface area contributed by atoms with Gasteiger partial charge in [0.25, 0.3) is 0 Å². The van der Waals surface area contributed by atoms with Crippen LogP contribution in [0.15, 0.2) is 39.5 Å². The summed E-state index contributed by atoms with van der Waals surface area (Å²) in [4.78, 5) is 37.1. The molecule has 11 nitrogen and oxygen atoms in total. The zero-order chi connectivity index (χ0) is 27.4. The monoisotopic (exact) mass is 516 g/mol. The van der Waals surface area contributed by atoms with Crippen molar-refractivity contribution < 1.29 is 49.0 Å². The van der Waals surface area contributed by atoms with Crippen LogP contribution in [0.4, 0.5) is 0 Å². The van der Waals surface area contributed by atoms with Crippen molar-refractivity contribution in [2.24, 2.45) is 0 Å². The minimum Gasteiger partial charge on any atom is -0.508 e. The van der Waals surface area contributed by atoms with Crippen molar-refractivity contribution in [1.29, 1.82) is 0 Å². The summed E-state index contributed by atoms with van der Waals surface area (Å²) in [5.74, 6) is -3.00. The second-order valence-electron chi connectivity index (χ2n) is 8.91. The Morgan fingerprint density at radius 1 is 0.865 bits per heavy atom. The summed E-state index contributed by atoms with van der Waals surface area (Å²) in [6.07, 6.45) is -2.79. The number of fused-ring (bicyclic) bond motifs is 1. The van der Waals surface area contributed by atoms with E-state index >= 15 is 0 Å². The molecule has 0 aliphatic heterocycles. The first-order chi connectivity index (χ1) is 17.3. The number of phenolic OH excluding ortho intramolecular Hbond substituents is 4. The Kier molecular flexibility index (Phi) is 8.28. The van der Waals surface area contributed by atoms with Gasteiger partial charge in [-0.15, -0.1) is 0 Å². The molecule has 0 fully saturated rings. The van der Waals surface area contributed by atoms with Gasteiger partial charge in [-0.1, -0.05) is 0 Å². The molecule has 3 rings (SSSR count). The first-order valence-electron chi connectivity index (χ1n) is 11.5. The highest BCUT2D eigenvalue weighted by atomic mass is 16.5. The van der Waals surface area contributed by atoms with Gasteiger partial charge >= 0.3 is 17.6 Å². The maximum atomic E-state index is 13.0. The van der Waals surface area contributed by atoms with Gasteiger partial charge in [-0.05, 0) is 49.9 Å². The van der Waals surface area contributed by atoms with Gasteiger partial charge in [0.05, 0.1) is 12.5 Å². The predicted molar refractivity (Wildman–Crippen MR) is 130 cm³/mol. The van der Waals surface area contributed by atoms with Crippen LogP contribution in [0, 0.1) is 0 Å². The Balaban J connectivity index is 1.78. The summed E-state index contributed by atoms with van der Waals surface area (Å²) in [5.41, 5.74) is -0.908. The maximum Gasteiger partial charge on any atom is 0.347 e. The smallest absolute Gasteiger partial charge is 0.347 e. The highest BCUT2D eigenvalue weighted by molar-refractivity contribution is 5.94. The van der Waals surface area contributed by atoms with Crippen molar-refractivity contribution >= 4 is 22.7 Å². The number of carbonyl (C=O) groups is 2. The number of aromatic hydroxyl groups is 4. The van der Waals surface area contributed by atoms with Crippen LogP contribution in [0.5, 0.6) is 23.0 Å². The van der Waals surface area contributed by atoms with E-state index in [4.69, 9.17) is 13.9 Å². The first kappa shape index (κ1) is 27.3. The third-order valence-corrected chi connectivity index (χ3v) is 5.36. The largest absolute Gasteiger partial charge is 0.508 e. The van der Waals surface area contributed by atoms with Crippen LogP contribution in [0.25, 0.3) is 10.8 Å². The summed E-state index contributed by atoms with van der Waals surface area (Å²) in [7, 11) is 0. The highest BCUT2D eigenvalue weighted by Crippen LogP contribution is 2.31. The second-order valence-corrected chi connectivity index (χ2v) is 8.91. The zero-order valence-electron chi connectivity index (χ0n) is 20.4. The van der Waals surface area contributed by atoms with Crippen LogP contribution in [0.3, 0.4) is 0 Å². The molecule has 0 spiro atoms. The summed E-state index contributed by atoms with van der Waals surface area (Å²) < 4.78 is 15.9. The van der Waals surface area contributed by atoms with Crippen molar-refractivity contribution in [3.8, 4) is 23.0 Å². The fraction of sp³-hybridized carbons (Fsp3) is 0.346. The molecule has 3 unspecified atom stereocenters. The average Bonchev–Trinajstić information content (AvgIpc) is 2.71. The van der Waals surface area contributed by atoms with Gasteiger partial charge in [-0.3, -0.25) is 4.79 Å². The number of ether oxygens (including phenoxy) is 2. The van der Waals surface area contributed by atoms with Crippen LogP contribution in [0.1, 0.15) is 48.9 Å². The molecule has 0 amide bonds. The molecule has 0 saturated heterocycles. The normalized spacial score (nSPS) is 13.6. The van der Waals surface area contributed by atoms with E-state index in [0.717, 1.165) is 12.1 Å². The van der Waals surface area contributed by atoms with Crippen molar-refractivity contribution in [2.75, 3.05) is 0 Å². The fourth-order valence-electron chi connectivity index (χ4n) is 3.94. The van der Waals surface area contributed by atoms with E-state index in [0.29, 0.717) is 0 Å². The van der Waals surface area contributed by atoms with Crippen molar-refractivity contribution in [1.82, 2.24) is 0 Å². The number of carbonyl (C=O) groups excluding carboxylic acids is 2. The number of rotatable bonds is 9. The van der Waals surface area contributed by atoms with Crippen molar-refractivity contribution in [3.05, 3.63) is 57.6 Å². The number of phenols is 4. The number of hydrogen-bond donors (Lipinski definition) is 5. The lowest BCUT2D eigenvalue weighted by Gasteiger charge is -2.18. The van der Waals surface area contributed by atoms with Crippen LogP contribution in [0.2, 0.25) is 0 Å². The lowest BCUT2D eigenvalue weighted by molar-refractivity contribution is -0.150. The number of hydrogen-bond acceptors (Lipinski definition) is 11. The second kappa shape index (κ2) is 11.2. The number of benzene rings is 2. The predicted octanol–water partition coefficient (Wildman–Crippen LogP) is 2.65. The maximum absolute atomic E-state index is 13.0. The number of esters is 2. The van der Waals surface area contributed by atoms with E-state index < -0.39 is 47.4 Å². The van der Waals surface area contributed by atoms with Crippen molar-refractivity contribution in [2.45, 2.75) is 58.3 Å². The summed E-state index contributed by atoms with van der Waals surface area (Å²) >= 11 is 0. The van der Waals surface area contributed by atoms with E-state index in [1.165, 1.54) is 32.0 Å². The molecule has 0 aliphatic carbocycles. The molecule has 0 aliphatic rings. The van der Waals surface area contributed by atoms with E-state index in [1.807, 2.05) is 0 Å². The molecule has 2 aromatic carbocycles. The molecular formula is C26H28O11. The van der Waals surface area contributed by atoms with E-state index in [2.05, 4.69) is 0 Å². The molecule has 37 heavy (non-hydrogen) atoms.